The lowest BCUT2D eigenvalue weighted by Gasteiger charge is -2.38. The quantitative estimate of drug-likeness (QED) is 0.870. The van der Waals surface area contributed by atoms with Gasteiger partial charge in [0.2, 0.25) is 0 Å². The van der Waals surface area contributed by atoms with Crippen molar-refractivity contribution in [3.8, 4) is 0 Å². The summed E-state index contributed by atoms with van der Waals surface area (Å²) in [6.07, 6.45) is 2.78. The smallest absolute Gasteiger partial charge is 0.272 e. The Morgan fingerprint density at radius 3 is 2.64 bits per heavy atom. The Kier molecular flexibility index (Phi) is 3.99. The molecule has 1 aliphatic carbocycles. The number of nitrogens with one attached hydrogen (secondary N) is 1. The van der Waals surface area contributed by atoms with E-state index in [1.54, 1.807) is 4.90 Å². The van der Waals surface area contributed by atoms with Gasteiger partial charge in [-0.3, -0.25) is 9.59 Å². The maximum atomic E-state index is 13.1. The fraction of sp³-hybridized carbons (Fsp3) is 0.400. The van der Waals surface area contributed by atoms with Crippen molar-refractivity contribution in [2.24, 2.45) is 0 Å². The lowest BCUT2D eigenvalue weighted by atomic mass is 10.1. The second kappa shape index (κ2) is 6.54. The molecule has 1 N–H and O–H groups in total. The van der Waals surface area contributed by atoms with Gasteiger partial charge in [-0.15, -0.1) is 10.2 Å². The molecule has 1 aromatic carbocycles. The number of carbonyl (C=O) groups excluding carboxylic acids is 2. The highest BCUT2D eigenvalue weighted by Gasteiger charge is 2.37. The van der Waals surface area contributed by atoms with Gasteiger partial charge < -0.3 is 15.1 Å². The maximum Gasteiger partial charge on any atom is 0.272 e. The van der Waals surface area contributed by atoms with Crippen LogP contribution in [0, 0.1) is 5.82 Å². The minimum atomic E-state index is -0.354. The number of amides is 2. The number of fused-ring (bicyclic) bond motifs is 3. The third-order valence-corrected chi connectivity index (χ3v) is 5.58. The zero-order valence-corrected chi connectivity index (χ0v) is 15.3. The number of hydrogen-bond acceptors (Lipinski definition) is 5. The average Bonchev–Trinajstić information content (AvgIpc) is 3.44. The van der Waals surface area contributed by atoms with E-state index in [1.807, 2.05) is 6.07 Å². The molecule has 2 amide bonds. The Labute approximate surface area is 161 Å². The molecule has 144 valence electrons. The van der Waals surface area contributed by atoms with Gasteiger partial charge in [-0.1, -0.05) is 0 Å². The average molecular weight is 381 g/mol. The SMILES string of the molecule is O=C(NC1CC1)c1cc2c(nn1)N1CCN(C(=O)c3ccc(F)cc3)CC1C2. The predicted molar refractivity (Wildman–Crippen MR) is 99.7 cm³/mol. The van der Waals surface area contributed by atoms with Crippen molar-refractivity contribution >= 4 is 17.6 Å². The summed E-state index contributed by atoms with van der Waals surface area (Å²) in [5.41, 5.74) is 1.84. The molecule has 1 unspecified atom stereocenters. The van der Waals surface area contributed by atoms with E-state index in [9.17, 15) is 14.0 Å². The molecule has 1 aromatic heterocycles. The van der Waals surface area contributed by atoms with E-state index in [1.165, 1.54) is 24.3 Å². The molecule has 2 fully saturated rings. The minimum Gasteiger partial charge on any atom is -0.348 e. The van der Waals surface area contributed by atoms with Crippen LogP contribution in [-0.2, 0) is 6.42 Å². The van der Waals surface area contributed by atoms with Crippen LogP contribution in [0.2, 0.25) is 0 Å². The molecule has 3 aliphatic rings. The molecular weight excluding hydrogens is 361 g/mol. The molecule has 8 heteroatoms. The fourth-order valence-electron chi connectivity index (χ4n) is 3.94. The van der Waals surface area contributed by atoms with Gasteiger partial charge in [0.1, 0.15) is 5.82 Å². The first kappa shape index (κ1) is 17.1. The van der Waals surface area contributed by atoms with Gasteiger partial charge in [0.05, 0.1) is 6.04 Å². The number of rotatable bonds is 3. The molecule has 1 atom stereocenters. The van der Waals surface area contributed by atoms with Crippen LogP contribution in [0.4, 0.5) is 10.2 Å². The molecule has 7 nitrogen and oxygen atoms in total. The van der Waals surface area contributed by atoms with Crippen LogP contribution < -0.4 is 10.2 Å². The Morgan fingerprint density at radius 1 is 1.11 bits per heavy atom. The Morgan fingerprint density at radius 2 is 1.89 bits per heavy atom. The van der Waals surface area contributed by atoms with Crippen molar-refractivity contribution in [3.05, 3.63) is 53.0 Å². The first-order valence-corrected chi connectivity index (χ1v) is 9.57. The summed E-state index contributed by atoms with van der Waals surface area (Å²) < 4.78 is 13.1. The van der Waals surface area contributed by atoms with Gasteiger partial charge in [0.25, 0.3) is 11.8 Å². The molecule has 0 bridgehead atoms. The largest absolute Gasteiger partial charge is 0.348 e. The zero-order valence-electron chi connectivity index (χ0n) is 15.3. The Hall–Kier alpha value is -3.03. The number of piperazine rings is 1. The van der Waals surface area contributed by atoms with Crippen molar-refractivity contribution in [1.29, 1.82) is 0 Å². The summed E-state index contributed by atoms with van der Waals surface area (Å²) in [4.78, 5) is 28.9. The summed E-state index contributed by atoms with van der Waals surface area (Å²) in [6, 6.07) is 7.86. The topological polar surface area (TPSA) is 78.4 Å². The second-order valence-corrected chi connectivity index (χ2v) is 7.64. The zero-order chi connectivity index (χ0) is 19.3. The Bertz CT molecular complexity index is 944. The summed E-state index contributed by atoms with van der Waals surface area (Å²) in [5.74, 6) is 0.191. The van der Waals surface area contributed by atoms with E-state index in [4.69, 9.17) is 0 Å². The molecule has 1 saturated carbocycles. The molecule has 0 radical (unpaired) electrons. The van der Waals surface area contributed by atoms with Gasteiger partial charge in [0, 0.05) is 36.8 Å². The number of benzene rings is 1. The molecule has 0 spiro atoms. The summed E-state index contributed by atoms with van der Waals surface area (Å²) in [7, 11) is 0. The summed E-state index contributed by atoms with van der Waals surface area (Å²) in [6.45, 7) is 1.79. The van der Waals surface area contributed by atoms with Crippen LogP contribution in [-0.4, -0.2) is 58.6 Å². The molecule has 2 aliphatic heterocycles. The standard InChI is InChI=1S/C20H20FN5O2/c21-14-3-1-12(2-4-14)20(28)25-7-8-26-16(11-25)9-13-10-17(23-24-18(13)26)19(27)22-15-5-6-15/h1-4,10,15-16H,5-9,11H2,(H,22,27). The van der Waals surface area contributed by atoms with Crippen LogP contribution in [0.25, 0.3) is 0 Å². The second-order valence-electron chi connectivity index (χ2n) is 7.64. The third kappa shape index (κ3) is 3.08. The number of carbonyl (C=O) groups is 2. The van der Waals surface area contributed by atoms with Crippen LogP contribution in [0.1, 0.15) is 39.3 Å². The highest BCUT2D eigenvalue weighted by atomic mass is 19.1. The lowest BCUT2D eigenvalue weighted by molar-refractivity contribution is 0.0724. The van der Waals surface area contributed by atoms with Crippen LogP contribution >= 0.6 is 0 Å². The van der Waals surface area contributed by atoms with Crippen LogP contribution in [0.15, 0.2) is 30.3 Å². The Balaban J connectivity index is 1.30. The van der Waals surface area contributed by atoms with Crippen molar-refractivity contribution in [2.45, 2.75) is 31.3 Å². The molecular formula is C20H20FN5O2. The molecule has 2 aromatic rings. The van der Waals surface area contributed by atoms with E-state index < -0.39 is 0 Å². The highest BCUT2D eigenvalue weighted by Crippen LogP contribution is 2.32. The number of anilines is 1. The summed E-state index contributed by atoms with van der Waals surface area (Å²) in [5, 5.41) is 11.3. The van der Waals surface area contributed by atoms with Gasteiger partial charge in [-0.25, -0.2) is 4.39 Å². The van der Waals surface area contributed by atoms with Crippen molar-refractivity contribution < 1.29 is 14.0 Å². The van der Waals surface area contributed by atoms with Gasteiger partial charge >= 0.3 is 0 Å². The van der Waals surface area contributed by atoms with Crippen LogP contribution in [0.3, 0.4) is 0 Å². The van der Waals surface area contributed by atoms with Crippen LogP contribution in [0.5, 0.6) is 0 Å². The third-order valence-electron chi connectivity index (χ3n) is 5.58. The molecule has 5 rings (SSSR count). The van der Waals surface area contributed by atoms with Crippen molar-refractivity contribution in [3.63, 3.8) is 0 Å². The predicted octanol–water partition coefficient (Wildman–Crippen LogP) is 1.39. The van der Waals surface area contributed by atoms with Gasteiger partial charge in [0.15, 0.2) is 11.5 Å². The highest BCUT2D eigenvalue weighted by molar-refractivity contribution is 5.94. The molecule has 3 heterocycles. The molecule has 1 saturated heterocycles. The molecule has 28 heavy (non-hydrogen) atoms. The van der Waals surface area contributed by atoms with E-state index >= 15 is 0 Å². The van der Waals surface area contributed by atoms with Gasteiger partial charge in [-0.2, -0.15) is 0 Å². The monoisotopic (exact) mass is 381 g/mol. The normalized spacial score (nSPS) is 20.5. The maximum absolute atomic E-state index is 13.1. The number of aromatic nitrogens is 2. The number of nitrogens with zero attached hydrogens (tertiary/aromatic N) is 4. The first-order chi connectivity index (χ1) is 13.6. The van der Waals surface area contributed by atoms with E-state index in [0.717, 1.165) is 30.6 Å². The van der Waals surface area contributed by atoms with E-state index in [-0.39, 0.29) is 29.7 Å². The number of hydrogen-bond donors (Lipinski definition) is 1. The fourth-order valence-corrected chi connectivity index (χ4v) is 3.94. The number of halogens is 1. The minimum absolute atomic E-state index is 0.0915. The first-order valence-electron chi connectivity index (χ1n) is 9.57. The van der Waals surface area contributed by atoms with Crippen molar-refractivity contribution in [2.75, 3.05) is 24.5 Å². The van der Waals surface area contributed by atoms with E-state index in [2.05, 4.69) is 20.4 Å². The van der Waals surface area contributed by atoms with E-state index in [0.29, 0.717) is 30.9 Å². The lowest BCUT2D eigenvalue weighted by Crippen LogP contribution is -2.53. The summed E-state index contributed by atoms with van der Waals surface area (Å²) >= 11 is 0. The van der Waals surface area contributed by atoms with Gasteiger partial charge in [-0.05, 0) is 49.6 Å². The van der Waals surface area contributed by atoms with Crippen molar-refractivity contribution in [1.82, 2.24) is 20.4 Å².